The van der Waals surface area contributed by atoms with Crippen LogP contribution in [0.1, 0.15) is 16.8 Å². The van der Waals surface area contributed by atoms with E-state index in [0.717, 1.165) is 5.69 Å². The number of rotatable bonds is 6. The molecule has 0 radical (unpaired) electrons. The van der Waals surface area contributed by atoms with Gasteiger partial charge in [0.25, 0.3) is 11.8 Å². The fourth-order valence-electron chi connectivity index (χ4n) is 3.31. The zero-order valence-corrected chi connectivity index (χ0v) is 16.7. The van der Waals surface area contributed by atoms with E-state index in [1.165, 1.54) is 4.90 Å². The molecule has 0 bridgehead atoms. The second-order valence-electron chi connectivity index (χ2n) is 7.11. The van der Waals surface area contributed by atoms with Crippen LogP contribution in [-0.4, -0.2) is 71.6 Å². The molecule has 3 N–H and O–H groups in total. The smallest absolute Gasteiger partial charge is 0.272 e. The third kappa shape index (κ3) is 6.13. The van der Waals surface area contributed by atoms with Gasteiger partial charge in [0, 0.05) is 37.4 Å². The van der Waals surface area contributed by atoms with Crippen molar-refractivity contribution in [3.8, 4) is 0 Å². The van der Waals surface area contributed by atoms with E-state index < -0.39 is 18.0 Å². The molecule has 1 atom stereocenters. The standard InChI is InChI=1S/C22H26N4O4/c27-19(23-18-10-5-2-6-11-18)16-25-12-7-13-26(15-14-25)22(30)21(29)24-20(28)17-8-3-1-4-9-17/h1-6,8-11,21,29H,7,12-16H2,(H,23,27)(H,24,28). The number of nitrogens with one attached hydrogen (secondary N) is 2. The maximum atomic E-state index is 12.6. The average molecular weight is 410 g/mol. The Labute approximate surface area is 175 Å². The van der Waals surface area contributed by atoms with Crippen LogP contribution < -0.4 is 10.6 Å². The van der Waals surface area contributed by atoms with Gasteiger partial charge in [0.05, 0.1) is 6.54 Å². The summed E-state index contributed by atoms with van der Waals surface area (Å²) in [7, 11) is 0. The van der Waals surface area contributed by atoms with Crippen molar-refractivity contribution in [2.45, 2.75) is 12.6 Å². The summed E-state index contributed by atoms with van der Waals surface area (Å²) in [5.74, 6) is -1.17. The van der Waals surface area contributed by atoms with Gasteiger partial charge in [-0.2, -0.15) is 0 Å². The number of carbonyl (C=O) groups excluding carboxylic acids is 3. The van der Waals surface area contributed by atoms with E-state index in [1.54, 1.807) is 30.3 Å². The van der Waals surface area contributed by atoms with Gasteiger partial charge in [-0.1, -0.05) is 36.4 Å². The van der Waals surface area contributed by atoms with Crippen LogP contribution in [0.4, 0.5) is 5.69 Å². The molecule has 0 saturated carbocycles. The van der Waals surface area contributed by atoms with E-state index >= 15 is 0 Å². The maximum Gasteiger partial charge on any atom is 0.272 e. The molecule has 2 aromatic rings. The fraction of sp³-hybridized carbons (Fsp3) is 0.318. The molecule has 0 aromatic heterocycles. The summed E-state index contributed by atoms with van der Waals surface area (Å²) in [5.41, 5.74) is 1.11. The van der Waals surface area contributed by atoms with Gasteiger partial charge >= 0.3 is 0 Å². The van der Waals surface area contributed by atoms with Crippen molar-refractivity contribution in [2.75, 3.05) is 38.0 Å². The van der Waals surface area contributed by atoms with Crippen LogP contribution in [0.25, 0.3) is 0 Å². The number of benzene rings is 2. The molecule has 158 valence electrons. The fourth-order valence-corrected chi connectivity index (χ4v) is 3.31. The Bertz CT molecular complexity index is 860. The van der Waals surface area contributed by atoms with Crippen LogP contribution in [0.5, 0.6) is 0 Å². The second kappa shape index (κ2) is 10.5. The number of aliphatic hydroxyl groups is 1. The number of amides is 3. The normalized spacial score (nSPS) is 15.7. The lowest BCUT2D eigenvalue weighted by Gasteiger charge is -2.24. The van der Waals surface area contributed by atoms with Crippen LogP contribution >= 0.6 is 0 Å². The quantitative estimate of drug-likeness (QED) is 0.615. The lowest BCUT2D eigenvalue weighted by molar-refractivity contribution is -0.141. The Balaban J connectivity index is 1.47. The van der Waals surface area contributed by atoms with Crippen molar-refractivity contribution in [2.24, 2.45) is 0 Å². The summed E-state index contributed by atoms with van der Waals surface area (Å²) < 4.78 is 0. The monoisotopic (exact) mass is 410 g/mol. The number of hydrogen-bond donors (Lipinski definition) is 3. The zero-order valence-electron chi connectivity index (χ0n) is 16.7. The molecule has 1 aliphatic rings. The van der Waals surface area contributed by atoms with E-state index in [4.69, 9.17) is 0 Å². The Kier molecular flexibility index (Phi) is 7.53. The molecule has 1 fully saturated rings. The van der Waals surface area contributed by atoms with Gasteiger partial charge in [-0.3, -0.25) is 19.3 Å². The maximum absolute atomic E-state index is 12.6. The first kappa shape index (κ1) is 21.5. The SMILES string of the molecule is O=C(CN1CCCN(C(=O)C(O)NC(=O)c2ccccc2)CC1)Nc1ccccc1. The van der Waals surface area contributed by atoms with Crippen LogP contribution in [-0.2, 0) is 9.59 Å². The van der Waals surface area contributed by atoms with Crippen molar-refractivity contribution >= 4 is 23.4 Å². The Morgan fingerprint density at radius 3 is 2.27 bits per heavy atom. The third-order valence-corrected chi connectivity index (χ3v) is 4.86. The number of nitrogens with zero attached hydrogens (tertiary/aromatic N) is 2. The van der Waals surface area contributed by atoms with E-state index in [-0.39, 0.29) is 12.5 Å². The van der Waals surface area contributed by atoms with E-state index in [1.807, 2.05) is 35.2 Å². The number of aliphatic hydroxyl groups excluding tert-OH is 1. The van der Waals surface area contributed by atoms with Crippen LogP contribution in [0.15, 0.2) is 60.7 Å². The summed E-state index contributed by atoms with van der Waals surface area (Å²) in [5, 5.41) is 15.4. The van der Waals surface area contributed by atoms with Crippen LogP contribution in [0.2, 0.25) is 0 Å². The molecule has 0 spiro atoms. The second-order valence-corrected chi connectivity index (χ2v) is 7.11. The molecule has 8 heteroatoms. The van der Waals surface area contributed by atoms with Gasteiger partial charge < -0.3 is 20.6 Å². The number of anilines is 1. The lowest BCUT2D eigenvalue weighted by atomic mass is 10.2. The molecular formula is C22H26N4O4. The van der Waals surface area contributed by atoms with Gasteiger partial charge in [0.2, 0.25) is 12.1 Å². The van der Waals surface area contributed by atoms with Gasteiger partial charge in [0.15, 0.2) is 0 Å². The molecule has 1 heterocycles. The first-order valence-corrected chi connectivity index (χ1v) is 9.93. The number of para-hydroxylation sites is 1. The van der Waals surface area contributed by atoms with Crippen LogP contribution in [0, 0.1) is 0 Å². The van der Waals surface area contributed by atoms with Gasteiger partial charge in [-0.05, 0) is 30.7 Å². The van der Waals surface area contributed by atoms with Crippen molar-refractivity contribution in [3.63, 3.8) is 0 Å². The van der Waals surface area contributed by atoms with Crippen molar-refractivity contribution in [1.29, 1.82) is 0 Å². The largest absolute Gasteiger partial charge is 0.365 e. The van der Waals surface area contributed by atoms with Crippen molar-refractivity contribution < 1.29 is 19.5 Å². The average Bonchev–Trinajstić information content (AvgIpc) is 3.00. The summed E-state index contributed by atoms with van der Waals surface area (Å²) in [6.45, 7) is 2.22. The Morgan fingerprint density at radius 1 is 0.900 bits per heavy atom. The minimum atomic E-state index is -1.61. The predicted octanol–water partition coefficient (Wildman–Crippen LogP) is 0.908. The van der Waals surface area contributed by atoms with Gasteiger partial charge in [-0.25, -0.2) is 0 Å². The molecule has 1 saturated heterocycles. The highest BCUT2D eigenvalue weighted by Gasteiger charge is 2.26. The van der Waals surface area contributed by atoms with Gasteiger partial charge in [0.1, 0.15) is 0 Å². The molecule has 30 heavy (non-hydrogen) atoms. The van der Waals surface area contributed by atoms with Crippen molar-refractivity contribution in [3.05, 3.63) is 66.2 Å². The highest BCUT2D eigenvalue weighted by Crippen LogP contribution is 2.08. The summed E-state index contributed by atoms with van der Waals surface area (Å²) in [6, 6.07) is 17.7. The molecular weight excluding hydrogens is 384 g/mol. The summed E-state index contributed by atoms with van der Waals surface area (Å²) in [4.78, 5) is 40.4. The molecule has 3 rings (SSSR count). The van der Waals surface area contributed by atoms with Crippen molar-refractivity contribution in [1.82, 2.24) is 15.1 Å². The molecule has 1 aliphatic heterocycles. The highest BCUT2D eigenvalue weighted by atomic mass is 16.3. The summed E-state index contributed by atoms with van der Waals surface area (Å²) in [6.07, 6.45) is -0.936. The first-order valence-electron chi connectivity index (χ1n) is 9.93. The molecule has 1 unspecified atom stereocenters. The predicted molar refractivity (Wildman–Crippen MR) is 113 cm³/mol. The van der Waals surface area contributed by atoms with E-state index in [0.29, 0.717) is 38.2 Å². The number of carbonyl (C=O) groups is 3. The Hall–Kier alpha value is -3.23. The molecule has 3 amide bonds. The number of hydrogen-bond acceptors (Lipinski definition) is 5. The summed E-state index contributed by atoms with van der Waals surface area (Å²) >= 11 is 0. The first-order chi connectivity index (χ1) is 14.5. The lowest BCUT2D eigenvalue weighted by Crippen LogP contribution is -2.49. The third-order valence-electron chi connectivity index (χ3n) is 4.86. The highest BCUT2D eigenvalue weighted by molar-refractivity contribution is 5.97. The van der Waals surface area contributed by atoms with Crippen LogP contribution in [0.3, 0.4) is 0 Å². The van der Waals surface area contributed by atoms with Gasteiger partial charge in [-0.15, -0.1) is 0 Å². The van der Waals surface area contributed by atoms with E-state index in [9.17, 15) is 19.5 Å². The Morgan fingerprint density at radius 2 is 1.57 bits per heavy atom. The van der Waals surface area contributed by atoms with E-state index in [2.05, 4.69) is 10.6 Å². The molecule has 8 nitrogen and oxygen atoms in total. The minimum Gasteiger partial charge on any atom is -0.365 e. The molecule has 2 aromatic carbocycles. The zero-order chi connectivity index (χ0) is 21.3. The minimum absolute atomic E-state index is 0.115. The topological polar surface area (TPSA) is 102 Å². The molecule has 0 aliphatic carbocycles.